The number of aromatic nitrogens is 2. The van der Waals surface area contributed by atoms with Gasteiger partial charge >= 0.3 is 0 Å². The van der Waals surface area contributed by atoms with Crippen LogP contribution in [-0.4, -0.2) is 29.6 Å². The Morgan fingerprint density at radius 1 is 1.47 bits per heavy atom. The highest BCUT2D eigenvalue weighted by Crippen LogP contribution is 2.20. The van der Waals surface area contributed by atoms with Crippen molar-refractivity contribution >= 4 is 5.95 Å². The predicted molar refractivity (Wildman–Crippen MR) is 79.4 cm³/mol. The van der Waals surface area contributed by atoms with Gasteiger partial charge in [0.2, 0.25) is 5.95 Å². The molecule has 1 atom stereocenters. The zero-order valence-electron chi connectivity index (χ0n) is 12.6. The van der Waals surface area contributed by atoms with E-state index in [1.807, 2.05) is 6.20 Å². The Balaban J connectivity index is 1.96. The maximum atomic E-state index is 4.63. The summed E-state index contributed by atoms with van der Waals surface area (Å²) in [6, 6.07) is 0.729. The average Bonchev–Trinajstić information content (AvgIpc) is 3.21. The van der Waals surface area contributed by atoms with Crippen molar-refractivity contribution in [1.82, 2.24) is 15.3 Å². The zero-order valence-corrected chi connectivity index (χ0v) is 12.6. The zero-order chi connectivity index (χ0) is 13.8. The Morgan fingerprint density at radius 2 is 2.21 bits per heavy atom. The van der Waals surface area contributed by atoms with Crippen LogP contribution in [0.15, 0.2) is 6.20 Å². The summed E-state index contributed by atoms with van der Waals surface area (Å²) in [5.41, 5.74) is 2.31. The van der Waals surface area contributed by atoms with E-state index in [1.165, 1.54) is 24.8 Å². The molecule has 19 heavy (non-hydrogen) atoms. The fraction of sp³-hybridized carbons (Fsp3) is 0.733. The minimum atomic E-state index is 0.671. The van der Waals surface area contributed by atoms with E-state index in [9.17, 15) is 0 Å². The van der Waals surface area contributed by atoms with Gasteiger partial charge in [-0.15, -0.1) is 0 Å². The molecule has 0 spiro atoms. The monoisotopic (exact) mass is 262 g/mol. The number of rotatable bonds is 7. The molecule has 4 heteroatoms. The summed E-state index contributed by atoms with van der Waals surface area (Å²) in [6.07, 6.45) is 5.79. The summed E-state index contributed by atoms with van der Waals surface area (Å²) >= 11 is 0. The van der Waals surface area contributed by atoms with Crippen LogP contribution < -0.4 is 10.2 Å². The topological polar surface area (TPSA) is 41.1 Å². The van der Waals surface area contributed by atoms with Crippen LogP contribution in [0.4, 0.5) is 5.95 Å². The van der Waals surface area contributed by atoms with Crippen molar-refractivity contribution in [3.05, 3.63) is 17.5 Å². The third kappa shape index (κ3) is 4.16. The first-order valence-corrected chi connectivity index (χ1v) is 7.37. The fourth-order valence-corrected chi connectivity index (χ4v) is 2.06. The quantitative estimate of drug-likeness (QED) is 0.820. The van der Waals surface area contributed by atoms with Gasteiger partial charge in [0.25, 0.3) is 0 Å². The molecule has 1 aliphatic rings. The molecule has 0 saturated heterocycles. The van der Waals surface area contributed by atoms with Crippen LogP contribution in [-0.2, 0) is 6.54 Å². The molecule has 0 bridgehead atoms. The standard InChI is InChI=1S/C15H26N4/c1-5-11(2)10-19(4)15-17-9-13(12(3)18-15)8-16-14-6-7-14/h9,11,14,16H,5-8,10H2,1-4H3. The van der Waals surface area contributed by atoms with Gasteiger partial charge in [-0.2, -0.15) is 0 Å². The summed E-state index contributed by atoms with van der Waals surface area (Å²) in [7, 11) is 2.07. The Morgan fingerprint density at radius 3 is 2.79 bits per heavy atom. The Labute approximate surface area is 116 Å². The van der Waals surface area contributed by atoms with Gasteiger partial charge in [0.15, 0.2) is 0 Å². The number of hydrogen-bond donors (Lipinski definition) is 1. The van der Waals surface area contributed by atoms with Gasteiger partial charge < -0.3 is 10.2 Å². The summed E-state index contributed by atoms with van der Waals surface area (Å²) in [4.78, 5) is 11.3. The first kappa shape index (κ1) is 14.3. The van der Waals surface area contributed by atoms with E-state index in [1.54, 1.807) is 0 Å². The minimum absolute atomic E-state index is 0.671. The lowest BCUT2D eigenvalue weighted by molar-refractivity contribution is 0.554. The molecule has 0 aromatic carbocycles. The second kappa shape index (κ2) is 6.33. The molecule has 106 valence electrons. The van der Waals surface area contributed by atoms with E-state index >= 15 is 0 Å². The Hall–Kier alpha value is -1.16. The molecule has 1 fully saturated rings. The second-order valence-corrected chi connectivity index (χ2v) is 5.83. The van der Waals surface area contributed by atoms with E-state index in [2.05, 4.69) is 48.0 Å². The van der Waals surface area contributed by atoms with Gasteiger partial charge in [0, 0.05) is 43.6 Å². The molecule has 2 rings (SSSR count). The number of nitrogens with zero attached hydrogens (tertiary/aromatic N) is 3. The predicted octanol–water partition coefficient (Wildman–Crippen LogP) is 2.52. The maximum Gasteiger partial charge on any atom is 0.225 e. The van der Waals surface area contributed by atoms with Gasteiger partial charge in [-0.3, -0.25) is 0 Å². The van der Waals surface area contributed by atoms with Crippen molar-refractivity contribution in [3.8, 4) is 0 Å². The number of anilines is 1. The van der Waals surface area contributed by atoms with Crippen molar-refractivity contribution < 1.29 is 0 Å². The van der Waals surface area contributed by atoms with Crippen LogP contribution in [0.5, 0.6) is 0 Å². The molecule has 1 N–H and O–H groups in total. The highest BCUT2D eigenvalue weighted by Gasteiger charge is 2.20. The Kier molecular flexibility index (Phi) is 4.75. The largest absolute Gasteiger partial charge is 0.344 e. The number of hydrogen-bond acceptors (Lipinski definition) is 4. The summed E-state index contributed by atoms with van der Waals surface area (Å²) in [6.45, 7) is 8.46. The molecule has 1 unspecified atom stereocenters. The summed E-state index contributed by atoms with van der Waals surface area (Å²) < 4.78 is 0. The SMILES string of the molecule is CCC(C)CN(C)c1ncc(CNC2CC2)c(C)n1. The maximum absolute atomic E-state index is 4.63. The lowest BCUT2D eigenvalue weighted by Gasteiger charge is -2.21. The first-order chi connectivity index (χ1) is 9.10. The fourth-order valence-electron chi connectivity index (χ4n) is 2.06. The number of nitrogens with one attached hydrogen (secondary N) is 1. The minimum Gasteiger partial charge on any atom is -0.344 e. The highest BCUT2D eigenvalue weighted by atomic mass is 15.2. The Bertz CT molecular complexity index is 415. The van der Waals surface area contributed by atoms with Gasteiger partial charge in [0.1, 0.15) is 0 Å². The van der Waals surface area contributed by atoms with Crippen LogP contribution in [0.1, 0.15) is 44.4 Å². The van der Waals surface area contributed by atoms with Crippen molar-refractivity contribution in [3.63, 3.8) is 0 Å². The molecule has 0 amide bonds. The van der Waals surface area contributed by atoms with Gasteiger partial charge in [-0.25, -0.2) is 9.97 Å². The molecular weight excluding hydrogens is 236 g/mol. The normalized spacial score (nSPS) is 16.4. The van der Waals surface area contributed by atoms with E-state index in [4.69, 9.17) is 0 Å². The van der Waals surface area contributed by atoms with E-state index in [0.29, 0.717) is 5.92 Å². The van der Waals surface area contributed by atoms with Crippen LogP contribution in [0, 0.1) is 12.8 Å². The van der Waals surface area contributed by atoms with Crippen LogP contribution in [0.2, 0.25) is 0 Å². The third-order valence-corrected chi connectivity index (χ3v) is 3.85. The molecular formula is C15H26N4. The van der Waals surface area contributed by atoms with Gasteiger partial charge in [0.05, 0.1) is 0 Å². The lowest BCUT2D eigenvalue weighted by Crippen LogP contribution is -2.26. The molecule has 0 radical (unpaired) electrons. The molecule has 1 heterocycles. The van der Waals surface area contributed by atoms with Gasteiger partial charge in [-0.1, -0.05) is 20.3 Å². The van der Waals surface area contributed by atoms with Crippen molar-refractivity contribution in [1.29, 1.82) is 0 Å². The average molecular weight is 262 g/mol. The molecule has 1 aromatic heterocycles. The highest BCUT2D eigenvalue weighted by molar-refractivity contribution is 5.31. The van der Waals surface area contributed by atoms with Crippen molar-refractivity contribution in [2.75, 3.05) is 18.5 Å². The molecule has 1 aliphatic carbocycles. The van der Waals surface area contributed by atoms with Crippen molar-refractivity contribution in [2.45, 2.75) is 52.6 Å². The van der Waals surface area contributed by atoms with Crippen molar-refractivity contribution in [2.24, 2.45) is 5.92 Å². The first-order valence-electron chi connectivity index (χ1n) is 7.37. The van der Waals surface area contributed by atoms with E-state index < -0.39 is 0 Å². The lowest BCUT2D eigenvalue weighted by atomic mass is 10.1. The van der Waals surface area contributed by atoms with E-state index in [-0.39, 0.29) is 0 Å². The van der Waals surface area contributed by atoms with Crippen LogP contribution in [0.3, 0.4) is 0 Å². The second-order valence-electron chi connectivity index (χ2n) is 5.83. The third-order valence-electron chi connectivity index (χ3n) is 3.85. The summed E-state index contributed by atoms with van der Waals surface area (Å²) in [5.74, 6) is 1.51. The van der Waals surface area contributed by atoms with E-state index in [0.717, 1.165) is 30.8 Å². The van der Waals surface area contributed by atoms with Gasteiger partial charge in [-0.05, 0) is 25.7 Å². The molecule has 0 aliphatic heterocycles. The summed E-state index contributed by atoms with van der Waals surface area (Å²) in [5, 5.41) is 3.51. The van der Waals surface area contributed by atoms with Crippen LogP contribution >= 0.6 is 0 Å². The van der Waals surface area contributed by atoms with Crippen LogP contribution in [0.25, 0.3) is 0 Å². The molecule has 1 saturated carbocycles. The smallest absolute Gasteiger partial charge is 0.225 e. The molecule has 4 nitrogen and oxygen atoms in total. The molecule has 1 aromatic rings. The number of aryl methyl sites for hydroxylation is 1.